The third-order valence-electron chi connectivity index (χ3n) is 5.82. The van der Waals surface area contributed by atoms with Crippen LogP contribution in [0.15, 0.2) is 37.1 Å². The highest BCUT2D eigenvalue weighted by molar-refractivity contribution is 6.34. The lowest BCUT2D eigenvalue weighted by molar-refractivity contribution is 0.0646. The van der Waals surface area contributed by atoms with Crippen molar-refractivity contribution >= 4 is 40.3 Å². The number of rotatable bonds is 4. The largest absolute Gasteiger partial charge is 0.391 e. The first-order chi connectivity index (χ1) is 15.8. The van der Waals surface area contributed by atoms with E-state index in [4.69, 9.17) is 17.3 Å². The van der Waals surface area contributed by atoms with Gasteiger partial charge in [-0.3, -0.25) is 9.20 Å². The number of halogens is 1. The molecule has 11 nitrogen and oxygen atoms in total. The number of aliphatic hydroxyl groups is 2. The Morgan fingerprint density at radius 2 is 2.09 bits per heavy atom. The molecular weight excluding hydrogens is 448 g/mol. The van der Waals surface area contributed by atoms with Crippen LogP contribution in [-0.4, -0.2) is 65.4 Å². The number of nitrogen functional groups attached to an aromatic ring is 1. The van der Waals surface area contributed by atoms with E-state index in [-0.39, 0.29) is 11.4 Å². The molecular formula is C21H23ClN8O3. The lowest BCUT2D eigenvalue weighted by atomic mass is 10.0. The number of aromatic nitrogens is 5. The SMILES string of the molecule is CC(NC(=O)c1c(N)nn2cccnc12)c1cc(Cl)c2cncn2c1N1C[C@H](O)C[C@H](O)C1. The number of carbonyl (C=O) groups is 1. The molecule has 0 aliphatic carbocycles. The number of aliphatic hydroxyl groups excluding tert-OH is 2. The summed E-state index contributed by atoms with van der Waals surface area (Å²) < 4.78 is 3.25. The molecule has 5 rings (SSSR count). The number of fused-ring (bicyclic) bond motifs is 2. The van der Waals surface area contributed by atoms with Crippen LogP contribution in [0.25, 0.3) is 11.2 Å². The number of nitrogens with zero attached hydrogens (tertiary/aromatic N) is 6. The van der Waals surface area contributed by atoms with Crippen LogP contribution in [0.2, 0.25) is 5.02 Å². The highest BCUT2D eigenvalue weighted by atomic mass is 35.5. The number of piperidine rings is 1. The van der Waals surface area contributed by atoms with Crippen molar-refractivity contribution in [2.75, 3.05) is 23.7 Å². The molecule has 4 aromatic heterocycles. The maximum absolute atomic E-state index is 13.2. The van der Waals surface area contributed by atoms with Gasteiger partial charge in [-0.05, 0) is 19.1 Å². The summed E-state index contributed by atoms with van der Waals surface area (Å²) in [5.41, 5.74) is 7.91. The Bertz CT molecular complexity index is 1340. The number of β-amino-alcohol motifs (C(OH)–C–C–N with tert-alkyl or cyclic N) is 2. The normalized spacial score (nSPS) is 19.8. The second-order valence-corrected chi connectivity index (χ2v) is 8.62. The van der Waals surface area contributed by atoms with Crippen molar-refractivity contribution in [3.05, 3.63) is 53.2 Å². The number of carbonyl (C=O) groups excluding carboxylic acids is 1. The summed E-state index contributed by atoms with van der Waals surface area (Å²) in [6, 6.07) is 2.95. The molecule has 1 aliphatic heterocycles. The van der Waals surface area contributed by atoms with E-state index in [1.54, 1.807) is 41.5 Å². The van der Waals surface area contributed by atoms with Crippen LogP contribution in [0.4, 0.5) is 11.6 Å². The summed E-state index contributed by atoms with van der Waals surface area (Å²) in [6.45, 7) is 2.47. The zero-order valence-electron chi connectivity index (χ0n) is 17.8. The topological polar surface area (TPSA) is 146 Å². The summed E-state index contributed by atoms with van der Waals surface area (Å²) in [6.07, 6.45) is 5.41. The van der Waals surface area contributed by atoms with Crippen molar-refractivity contribution in [3.63, 3.8) is 0 Å². The van der Waals surface area contributed by atoms with Crippen LogP contribution in [0.3, 0.4) is 0 Å². The van der Waals surface area contributed by atoms with Gasteiger partial charge in [0.25, 0.3) is 5.91 Å². The molecule has 0 saturated carbocycles. The average Bonchev–Trinajstić information content (AvgIpc) is 3.37. The van der Waals surface area contributed by atoms with Crippen LogP contribution in [-0.2, 0) is 0 Å². The molecule has 0 radical (unpaired) electrons. The number of nitrogens with two attached hydrogens (primary N) is 1. The smallest absolute Gasteiger partial charge is 0.259 e. The van der Waals surface area contributed by atoms with Crippen LogP contribution in [0, 0.1) is 0 Å². The molecule has 0 spiro atoms. The maximum atomic E-state index is 13.2. The van der Waals surface area contributed by atoms with Crippen molar-refractivity contribution < 1.29 is 15.0 Å². The molecule has 0 bridgehead atoms. The van der Waals surface area contributed by atoms with E-state index in [0.29, 0.717) is 47.1 Å². The maximum Gasteiger partial charge on any atom is 0.259 e. The predicted octanol–water partition coefficient (Wildman–Crippen LogP) is 1.04. The van der Waals surface area contributed by atoms with Crippen molar-refractivity contribution in [1.29, 1.82) is 0 Å². The van der Waals surface area contributed by atoms with E-state index in [9.17, 15) is 15.0 Å². The molecule has 4 aromatic rings. The fourth-order valence-electron chi connectivity index (χ4n) is 4.40. The molecule has 3 atom stereocenters. The Kier molecular flexibility index (Phi) is 5.31. The quantitative estimate of drug-likeness (QED) is 0.346. The molecule has 33 heavy (non-hydrogen) atoms. The van der Waals surface area contributed by atoms with Gasteiger partial charge < -0.3 is 26.2 Å². The minimum atomic E-state index is -0.689. The molecule has 1 unspecified atom stereocenters. The molecule has 1 aliphatic rings. The van der Waals surface area contributed by atoms with Gasteiger partial charge in [-0.2, -0.15) is 0 Å². The molecule has 5 heterocycles. The summed E-state index contributed by atoms with van der Waals surface area (Å²) in [4.78, 5) is 23.5. The molecule has 1 amide bonds. The van der Waals surface area contributed by atoms with E-state index < -0.39 is 24.2 Å². The third kappa shape index (κ3) is 3.73. The number of nitrogens with one attached hydrogen (secondary N) is 1. The molecule has 0 aromatic carbocycles. The molecule has 12 heteroatoms. The molecule has 1 saturated heterocycles. The fraction of sp³-hybridized carbons (Fsp3) is 0.333. The minimum absolute atomic E-state index is 0.0731. The van der Waals surface area contributed by atoms with E-state index >= 15 is 0 Å². The zero-order chi connectivity index (χ0) is 23.3. The average molecular weight is 471 g/mol. The summed E-state index contributed by atoms with van der Waals surface area (Å²) in [5, 5.41) is 28.1. The summed E-state index contributed by atoms with van der Waals surface area (Å²) in [5.74, 6) is 0.327. The highest BCUT2D eigenvalue weighted by Gasteiger charge is 2.30. The first kappa shape index (κ1) is 21.4. The number of anilines is 2. The third-order valence-corrected chi connectivity index (χ3v) is 6.12. The second-order valence-electron chi connectivity index (χ2n) is 8.21. The fourth-order valence-corrected chi connectivity index (χ4v) is 4.65. The Morgan fingerprint density at radius 3 is 2.85 bits per heavy atom. The van der Waals surface area contributed by atoms with Gasteiger partial charge in [-0.15, -0.1) is 5.10 Å². The number of pyridine rings is 1. The zero-order valence-corrected chi connectivity index (χ0v) is 18.5. The monoisotopic (exact) mass is 470 g/mol. The number of amides is 1. The van der Waals surface area contributed by atoms with E-state index in [1.807, 2.05) is 11.8 Å². The number of hydrogen-bond acceptors (Lipinski definition) is 8. The van der Waals surface area contributed by atoms with E-state index in [2.05, 4.69) is 20.4 Å². The number of imidazole rings is 1. The lowest BCUT2D eigenvalue weighted by Gasteiger charge is -2.37. The van der Waals surface area contributed by atoms with Gasteiger partial charge in [0, 0.05) is 37.5 Å². The van der Waals surface area contributed by atoms with Crippen molar-refractivity contribution in [1.82, 2.24) is 29.3 Å². The van der Waals surface area contributed by atoms with Gasteiger partial charge in [0.2, 0.25) is 0 Å². The van der Waals surface area contributed by atoms with Gasteiger partial charge in [0.05, 0.1) is 35.0 Å². The first-order valence-electron chi connectivity index (χ1n) is 10.5. The lowest BCUT2D eigenvalue weighted by Crippen LogP contribution is -2.47. The van der Waals surface area contributed by atoms with Crippen LogP contribution < -0.4 is 16.0 Å². The Labute approximate surface area is 193 Å². The highest BCUT2D eigenvalue weighted by Crippen LogP contribution is 2.34. The van der Waals surface area contributed by atoms with Gasteiger partial charge in [-0.1, -0.05) is 11.6 Å². The Morgan fingerprint density at radius 1 is 1.33 bits per heavy atom. The van der Waals surface area contributed by atoms with Gasteiger partial charge >= 0.3 is 0 Å². The van der Waals surface area contributed by atoms with Crippen molar-refractivity contribution in [2.24, 2.45) is 0 Å². The van der Waals surface area contributed by atoms with E-state index in [0.717, 1.165) is 0 Å². The molecule has 1 fully saturated rings. The van der Waals surface area contributed by atoms with Gasteiger partial charge in [0.15, 0.2) is 11.5 Å². The standard InChI is InChI=1S/C21H23ClN8O3/c1-11(26-20(33)17-18(23)27-30-4-2-3-25-19(17)30)14-6-15(22)16-7-24-10-29(16)21(14)28-8-12(31)5-13(32)9-28/h2-4,6-7,10-13,31-32H,5,8-9H2,1H3,(H2,23,27)(H,26,33)/t11?,12-,13+. The van der Waals surface area contributed by atoms with Crippen molar-refractivity contribution in [3.8, 4) is 0 Å². The van der Waals surface area contributed by atoms with Gasteiger partial charge in [0.1, 0.15) is 17.7 Å². The first-order valence-corrected chi connectivity index (χ1v) is 10.9. The van der Waals surface area contributed by atoms with Gasteiger partial charge in [-0.25, -0.2) is 14.5 Å². The summed E-state index contributed by atoms with van der Waals surface area (Å²) in [7, 11) is 0. The Balaban J connectivity index is 1.55. The number of hydrogen-bond donors (Lipinski definition) is 4. The van der Waals surface area contributed by atoms with Crippen LogP contribution >= 0.6 is 11.6 Å². The van der Waals surface area contributed by atoms with Crippen LogP contribution in [0.5, 0.6) is 0 Å². The molecule has 5 N–H and O–H groups in total. The van der Waals surface area contributed by atoms with Crippen LogP contribution in [0.1, 0.15) is 35.3 Å². The molecule has 172 valence electrons. The second kappa shape index (κ2) is 8.18. The minimum Gasteiger partial charge on any atom is -0.391 e. The summed E-state index contributed by atoms with van der Waals surface area (Å²) >= 11 is 6.52. The predicted molar refractivity (Wildman–Crippen MR) is 122 cm³/mol. The Hall–Kier alpha value is -3.41. The van der Waals surface area contributed by atoms with E-state index in [1.165, 1.54) is 4.52 Å². The van der Waals surface area contributed by atoms with Crippen molar-refractivity contribution in [2.45, 2.75) is 31.6 Å².